The average Bonchev–Trinajstić information content (AvgIpc) is 2.68. The van der Waals surface area contributed by atoms with E-state index in [2.05, 4.69) is 41.5 Å². The van der Waals surface area contributed by atoms with Gasteiger partial charge >= 0.3 is 0 Å². The summed E-state index contributed by atoms with van der Waals surface area (Å²) in [7, 11) is 0. The van der Waals surface area contributed by atoms with Gasteiger partial charge in [-0.05, 0) is 49.2 Å². The third kappa shape index (κ3) is 5.66. The number of rotatable bonds is 8. The number of hydrogen-bond donors (Lipinski definition) is 2. The van der Waals surface area contributed by atoms with E-state index in [4.69, 9.17) is 10.5 Å². The number of carbonyl (C=O) groups excluding carboxylic acids is 1. The van der Waals surface area contributed by atoms with E-state index in [0.717, 1.165) is 19.5 Å². The molecule has 0 spiro atoms. The largest absolute Gasteiger partial charge is 0.439 e. The van der Waals surface area contributed by atoms with Crippen LogP contribution in [0.4, 0.5) is 0 Å². The molecule has 2 aromatic carbocycles. The minimum Gasteiger partial charge on any atom is -0.439 e. The van der Waals surface area contributed by atoms with E-state index in [1.807, 2.05) is 24.3 Å². The topological polar surface area (TPSA) is 77.2 Å². The summed E-state index contributed by atoms with van der Waals surface area (Å²) in [5, 5.41) is 3.46. The van der Waals surface area contributed by atoms with Crippen molar-refractivity contribution in [1.29, 1.82) is 0 Å². The van der Waals surface area contributed by atoms with Crippen molar-refractivity contribution in [2.45, 2.75) is 19.9 Å². The Bertz CT molecular complexity index is 873. The second kappa shape index (κ2) is 8.96. The van der Waals surface area contributed by atoms with Crippen LogP contribution in [0.1, 0.15) is 27.0 Å². The number of aromatic nitrogens is 1. The maximum atomic E-state index is 11.0. The summed E-state index contributed by atoms with van der Waals surface area (Å²) in [5.41, 5.74) is 9.36. The first-order valence-electron chi connectivity index (χ1n) is 8.89. The van der Waals surface area contributed by atoms with E-state index in [-0.39, 0.29) is 0 Å². The zero-order chi connectivity index (χ0) is 19.1. The van der Waals surface area contributed by atoms with Crippen LogP contribution in [0.3, 0.4) is 0 Å². The lowest BCUT2D eigenvalue weighted by Gasteiger charge is -2.08. The third-order valence-electron chi connectivity index (χ3n) is 4.21. The number of hydrogen-bond acceptors (Lipinski definition) is 4. The number of aryl methyl sites for hydroxylation is 1. The number of nitrogens with one attached hydrogen (secondary N) is 1. The van der Waals surface area contributed by atoms with E-state index < -0.39 is 5.91 Å². The Labute approximate surface area is 159 Å². The highest BCUT2D eigenvalue weighted by Crippen LogP contribution is 2.20. The lowest BCUT2D eigenvalue weighted by Crippen LogP contribution is -2.16. The van der Waals surface area contributed by atoms with Gasteiger partial charge in [-0.3, -0.25) is 4.79 Å². The van der Waals surface area contributed by atoms with Gasteiger partial charge in [0.1, 0.15) is 5.75 Å². The van der Waals surface area contributed by atoms with Gasteiger partial charge in [0.2, 0.25) is 11.8 Å². The van der Waals surface area contributed by atoms with Crippen LogP contribution in [0.25, 0.3) is 0 Å². The molecule has 0 unspecified atom stereocenters. The minimum atomic E-state index is -0.505. The zero-order valence-electron chi connectivity index (χ0n) is 15.3. The van der Waals surface area contributed by atoms with Crippen LogP contribution >= 0.6 is 0 Å². The van der Waals surface area contributed by atoms with Crippen LogP contribution in [-0.2, 0) is 13.0 Å². The summed E-state index contributed by atoms with van der Waals surface area (Å²) in [6.45, 7) is 3.87. The predicted molar refractivity (Wildman–Crippen MR) is 106 cm³/mol. The lowest BCUT2D eigenvalue weighted by molar-refractivity contribution is 0.1000. The summed E-state index contributed by atoms with van der Waals surface area (Å²) in [5.74, 6) is 0.618. The van der Waals surface area contributed by atoms with Crippen LogP contribution in [0.2, 0.25) is 0 Å². The van der Waals surface area contributed by atoms with Crippen molar-refractivity contribution in [2.24, 2.45) is 5.73 Å². The van der Waals surface area contributed by atoms with Gasteiger partial charge in [0.25, 0.3) is 0 Å². The second-order valence-electron chi connectivity index (χ2n) is 6.41. The van der Waals surface area contributed by atoms with E-state index in [1.165, 1.54) is 22.9 Å². The summed E-state index contributed by atoms with van der Waals surface area (Å²) >= 11 is 0. The zero-order valence-corrected chi connectivity index (χ0v) is 15.3. The monoisotopic (exact) mass is 361 g/mol. The minimum absolute atomic E-state index is 0.357. The van der Waals surface area contributed by atoms with Crippen LogP contribution in [-0.4, -0.2) is 17.4 Å². The Morgan fingerprint density at radius 3 is 2.33 bits per heavy atom. The maximum absolute atomic E-state index is 11.0. The van der Waals surface area contributed by atoms with Crippen LogP contribution in [0, 0.1) is 6.92 Å². The molecule has 0 saturated heterocycles. The molecule has 0 aliphatic rings. The Morgan fingerprint density at radius 1 is 1.00 bits per heavy atom. The van der Waals surface area contributed by atoms with Gasteiger partial charge in [-0.15, -0.1) is 0 Å². The number of carbonyl (C=O) groups is 1. The molecule has 0 fully saturated rings. The summed E-state index contributed by atoms with van der Waals surface area (Å²) in [6.07, 6.45) is 2.35. The van der Waals surface area contributed by atoms with Gasteiger partial charge in [-0.2, -0.15) is 0 Å². The number of nitrogens with two attached hydrogens (primary N) is 1. The molecule has 5 heteroatoms. The molecule has 0 radical (unpaired) electrons. The van der Waals surface area contributed by atoms with E-state index in [9.17, 15) is 4.79 Å². The average molecular weight is 361 g/mol. The molecule has 138 valence electrons. The predicted octanol–water partition coefficient (Wildman–Crippen LogP) is 3.61. The lowest BCUT2D eigenvalue weighted by atomic mass is 10.1. The van der Waals surface area contributed by atoms with Crippen molar-refractivity contribution in [3.63, 3.8) is 0 Å². The van der Waals surface area contributed by atoms with Crippen molar-refractivity contribution in [1.82, 2.24) is 10.3 Å². The Balaban J connectivity index is 1.45. The number of benzene rings is 2. The Kier molecular flexibility index (Phi) is 6.18. The quantitative estimate of drug-likeness (QED) is 0.601. The van der Waals surface area contributed by atoms with Crippen LogP contribution < -0.4 is 15.8 Å². The van der Waals surface area contributed by atoms with E-state index in [0.29, 0.717) is 17.2 Å². The number of pyridine rings is 1. The Hall–Kier alpha value is -3.18. The molecule has 3 N–H and O–H groups in total. The molecule has 1 amide bonds. The van der Waals surface area contributed by atoms with E-state index >= 15 is 0 Å². The molecule has 0 atom stereocenters. The van der Waals surface area contributed by atoms with Gasteiger partial charge in [-0.25, -0.2) is 4.98 Å². The molecule has 5 nitrogen and oxygen atoms in total. The second-order valence-corrected chi connectivity index (χ2v) is 6.41. The molecule has 1 heterocycles. The van der Waals surface area contributed by atoms with Crippen molar-refractivity contribution >= 4 is 5.91 Å². The maximum Gasteiger partial charge on any atom is 0.250 e. The fourth-order valence-corrected chi connectivity index (χ4v) is 2.60. The molecular weight excluding hydrogens is 338 g/mol. The smallest absolute Gasteiger partial charge is 0.250 e. The van der Waals surface area contributed by atoms with Gasteiger partial charge in [-0.1, -0.05) is 42.0 Å². The van der Waals surface area contributed by atoms with Gasteiger partial charge in [0, 0.05) is 18.8 Å². The molecule has 0 bridgehead atoms. The first kappa shape index (κ1) is 18.6. The van der Waals surface area contributed by atoms with Crippen molar-refractivity contribution in [3.8, 4) is 11.6 Å². The first-order chi connectivity index (χ1) is 13.1. The summed E-state index contributed by atoms with van der Waals surface area (Å²) in [4.78, 5) is 15.1. The molecule has 0 saturated carbocycles. The van der Waals surface area contributed by atoms with Gasteiger partial charge < -0.3 is 15.8 Å². The molecule has 27 heavy (non-hydrogen) atoms. The molecule has 3 aromatic rings. The fraction of sp³-hybridized carbons (Fsp3) is 0.182. The normalized spacial score (nSPS) is 10.6. The molecule has 1 aromatic heterocycles. The highest BCUT2D eigenvalue weighted by molar-refractivity contribution is 5.92. The molecular formula is C22H23N3O2. The highest BCUT2D eigenvalue weighted by atomic mass is 16.5. The Morgan fingerprint density at radius 2 is 1.70 bits per heavy atom. The van der Waals surface area contributed by atoms with Crippen LogP contribution in [0.15, 0.2) is 66.9 Å². The number of nitrogens with zero attached hydrogens (tertiary/aromatic N) is 1. The van der Waals surface area contributed by atoms with E-state index in [1.54, 1.807) is 12.1 Å². The number of primary amides is 1. The fourth-order valence-electron chi connectivity index (χ4n) is 2.60. The standard InChI is InChI=1S/C22H23N3O2/c1-16-2-4-18(5-3-16)14-24-13-12-17-6-9-20(10-7-17)27-21-11-8-19(15-25-21)22(23)26/h2-11,15,24H,12-14H2,1H3,(H2,23,26). The summed E-state index contributed by atoms with van der Waals surface area (Å²) in [6, 6.07) is 19.7. The first-order valence-corrected chi connectivity index (χ1v) is 8.89. The van der Waals surface area contributed by atoms with Crippen LogP contribution in [0.5, 0.6) is 11.6 Å². The van der Waals surface area contributed by atoms with Gasteiger partial charge in [0.15, 0.2) is 0 Å². The molecule has 3 rings (SSSR count). The van der Waals surface area contributed by atoms with Crippen molar-refractivity contribution < 1.29 is 9.53 Å². The number of amides is 1. The van der Waals surface area contributed by atoms with Gasteiger partial charge in [0.05, 0.1) is 5.56 Å². The molecule has 0 aliphatic heterocycles. The summed E-state index contributed by atoms with van der Waals surface area (Å²) < 4.78 is 5.68. The molecule has 0 aliphatic carbocycles. The van der Waals surface area contributed by atoms with Crippen molar-refractivity contribution in [3.05, 3.63) is 89.1 Å². The third-order valence-corrected chi connectivity index (χ3v) is 4.21. The highest BCUT2D eigenvalue weighted by Gasteiger charge is 2.03. The van der Waals surface area contributed by atoms with Crippen molar-refractivity contribution in [2.75, 3.05) is 6.54 Å². The number of ether oxygens (including phenoxy) is 1. The SMILES string of the molecule is Cc1ccc(CNCCc2ccc(Oc3ccc(C(N)=O)cn3)cc2)cc1.